The highest BCUT2D eigenvalue weighted by Gasteiger charge is 2.15. The molecule has 6 heteroatoms. The van der Waals surface area contributed by atoms with Crippen LogP contribution in [0.5, 0.6) is 0 Å². The molecule has 1 aromatic rings. The number of nitrogens with zero attached hydrogens (tertiary/aromatic N) is 1. The summed E-state index contributed by atoms with van der Waals surface area (Å²) in [6, 6.07) is 4.17. The smallest absolute Gasteiger partial charge is 0.191 e. The van der Waals surface area contributed by atoms with Crippen LogP contribution in [0.2, 0.25) is 4.34 Å². The third kappa shape index (κ3) is 5.49. The van der Waals surface area contributed by atoms with Crippen LogP contribution >= 0.6 is 22.9 Å². The van der Waals surface area contributed by atoms with Crippen molar-refractivity contribution in [2.75, 3.05) is 13.1 Å². The van der Waals surface area contributed by atoms with E-state index in [2.05, 4.69) is 15.6 Å². The van der Waals surface area contributed by atoms with Gasteiger partial charge >= 0.3 is 0 Å². The van der Waals surface area contributed by atoms with Gasteiger partial charge in [0.2, 0.25) is 0 Å². The number of hydrogen-bond donors (Lipinski definition) is 3. The summed E-state index contributed by atoms with van der Waals surface area (Å²) in [5.41, 5.74) is 0. The van der Waals surface area contributed by atoms with E-state index < -0.39 is 6.10 Å². The lowest BCUT2D eigenvalue weighted by atomic mass is 9.96. The predicted octanol–water partition coefficient (Wildman–Crippen LogP) is 3.32. The first-order valence-corrected chi connectivity index (χ1v) is 8.86. The van der Waals surface area contributed by atoms with Crippen LogP contribution in [0.1, 0.15) is 50.0 Å². The van der Waals surface area contributed by atoms with E-state index in [1.54, 1.807) is 6.07 Å². The third-order valence-electron chi connectivity index (χ3n) is 3.63. The largest absolute Gasteiger partial charge is 0.386 e. The SMILES string of the molecule is CCNC(=NCC(O)c1ccc(Cl)s1)NC1CCCCC1. The van der Waals surface area contributed by atoms with E-state index in [9.17, 15) is 5.11 Å². The van der Waals surface area contributed by atoms with Gasteiger partial charge in [-0.1, -0.05) is 30.9 Å². The summed E-state index contributed by atoms with van der Waals surface area (Å²) in [6.45, 7) is 3.21. The number of halogens is 1. The topological polar surface area (TPSA) is 56.7 Å². The molecule has 1 heterocycles. The predicted molar refractivity (Wildman–Crippen MR) is 90.3 cm³/mol. The molecular weight excluding hydrogens is 306 g/mol. The van der Waals surface area contributed by atoms with Crippen molar-refractivity contribution in [2.24, 2.45) is 4.99 Å². The Kier molecular flexibility index (Phi) is 6.80. The first-order chi connectivity index (χ1) is 10.2. The molecule has 0 aliphatic heterocycles. The summed E-state index contributed by atoms with van der Waals surface area (Å²) in [5, 5.41) is 16.9. The number of rotatable bonds is 5. The van der Waals surface area contributed by atoms with E-state index >= 15 is 0 Å². The Morgan fingerprint density at radius 2 is 2.19 bits per heavy atom. The maximum absolute atomic E-state index is 10.1. The molecule has 1 aliphatic carbocycles. The number of hydrogen-bond acceptors (Lipinski definition) is 3. The fraction of sp³-hybridized carbons (Fsp3) is 0.667. The van der Waals surface area contributed by atoms with Crippen molar-refractivity contribution in [3.05, 3.63) is 21.3 Å². The minimum atomic E-state index is -0.593. The molecule has 2 rings (SSSR count). The molecule has 118 valence electrons. The molecule has 0 aromatic carbocycles. The molecule has 1 fully saturated rings. The molecule has 1 aromatic heterocycles. The minimum Gasteiger partial charge on any atom is -0.386 e. The van der Waals surface area contributed by atoms with Gasteiger partial charge in [0.05, 0.1) is 10.9 Å². The van der Waals surface area contributed by atoms with Crippen molar-refractivity contribution >= 4 is 28.9 Å². The highest BCUT2D eigenvalue weighted by atomic mass is 35.5. The molecule has 4 nitrogen and oxygen atoms in total. The Bertz CT molecular complexity index is 458. The summed E-state index contributed by atoms with van der Waals surface area (Å²) >= 11 is 7.29. The normalized spacial score (nSPS) is 18.5. The Labute approximate surface area is 135 Å². The van der Waals surface area contributed by atoms with Gasteiger partial charge in [-0.2, -0.15) is 0 Å². The number of thiophene rings is 1. The molecule has 1 saturated carbocycles. The van der Waals surface area contributed by atoms with Gasteiger partial charge in [-0.25, -0.2) is 0 Å². The quantitative estimate of drug-likeness (QED) is 0.573. The van der Waals surface area contributed by atoms with E-state index in [0.29, 0.717) is 16.9 Å². The highest BCUT2D eigenvalue weighted by molar-refractivity contribution is 7.16. The van der Waals surface area contributed by atoms with E-state index in [4.69, 9.17) is 11.6 Å². The highest BCUT2D eigenvalue weighted by Crippen LogP contribution is 2.27. The monoisotopic (exact) mass is 329 g/mol. The zero-order valence-corrected chi connectivity index (χ0v) is 14.0. The summed E-state index contributed by atoms with van der Waals surface area (Å²) in [4.78, 5) is 5.36. The molecule has 0 saturated heterocycles. The Morgan fingerprint density at radius 3 is 2.81 bits per heavy atom. The van der Waals surface area contributed by atoms with Gasteiger partial charge in [0.1, 0.15) is 6.10 Å². The standard InChI is InChI=1S/C15H24ClN3OS/c1-2-17-15(19-11-6-4-3-5-7-11)18-10-12(20)13-8-9-14(16)21-13/h8-9,11-12,20H,2-7,10H2,1H3,(H2,17,18,19). The molecule has 1 unspecified atom stereocenters. The van der Waals surface area contributed by atoms with Gasteiger partial charge < -0.3 is 15.7 Å². The van der Waals surface area contributed by atoms with E-state index in [-0.39, 0.29) is 0 Å². The number of nitrogens with one attached hydrogen (secondary N) is 2. The van der Waals surface area contributed by atoms with E-state index in [0.717, 1.165) is 17.4 Å². The lowest BCUT2D eigenvalue weighted by Gasteiger charge is -2.25. The van der Waals surface area contributed by atoms with Crippen molar-refractivity contribution in [3.63, 3.8) is 0 Å². The number of aliphatic hydroxyl groups is 1. The van der Waals surface area contributed by atoms with Gasteiger partial charge in [-0.05, 0) is 31.9 Å². The molecular formula is C15H24ClN3OS. The van der Waals surface area contributed by atoms with Crippen molar-refractivity contribution < 1.29 is 5.11 Å². The van der Waals surface area contributed by atoms with Crippen molar-refractivity contribution in [3.8, 4) is 0 Å². The Balaban J connectivity index is 1.89. The minimum absolute atomic E-state index is 0.346. The van der Waals surface area contributed by atoms with Crippen LogP contribution in [0.25, 0.3) is 0 Å². The molecule has 0 spiro atoms. The maximum atomic E-state index is 10.1. The van der Waals surface area contributed by atoms with E-state index in [1.165, 1.54) is 43.4 Å². The van der Waals surface area contributed by atoms with Crippen molar-refractivity contribution in [2.45, 2.75) is 51.2 Å². The summed E-state index contributed by atoms with van der Waals surface area (Å²) in [6.07, 6.45) is 5.72. The van der Waals surface area contributed by atoms with Crippen LogP contribution in [0.15, 0.2) is 17.1 Å². The average molecular weight is 330 g/mol. The average Bonchev–Trinajstić information content (AvgIpc) is 2.92. The zero-order valence-electron chi connectivity index (χ0n) is 12.4. The Hall–Kier alpha value is -0.780. The van der Waals surface area contributed by atoms with Gasteiger partial charge in [0.25, 0.3) is 0 Å². The molecule has 1 atom stereocenters. The second-order valence-electron chi connectivity index (χ2n) is 5.36. The van der Waals surface area contributed by atoms with Crippen LogP contribution in [0, 0.1) is 0 Å². The first kappa shape index (κ1) is 16.6. The lowest BCUT2D eigenvalue weighted by molar-refractivity contribution is 0.191. The first-order valence-electron chi connectivity index (χ1n) is 7.67. The fourth-order valence-corrected chi connectivity index (χ4v) is 3.57. The molecule has 0 amide bonds. The van der Waals surface area contributed by atoms with Crippen LogP contribution in [-0.4, -0.2) is 30.2 Å². The van der Waals surface area contributed by atoms with Gasteiger partial charge in [0.15, 0.2) is 5.96 Å². The van der Waals surface area contributed by atoms with Crippen LogP contribution in [0.4, 0.5) is 0 Å². The van der Waals surface area contributed by atoms with Crippen molar-refractivity contribution in [1.29, 1.82) is 0 Å². The van der Waals surface area contributed by atoms with Gasteiger partial charge in [0, 0.05) is 17.5 Å². The van der Waals surface area contributed by atoms with Crippen LogP contribution in [0.3, 0.4) is 0 Å². The summed E-state index contributed by atoms with van der Waals surface area (Å²) in [7, 11) is 0. The molecule has 1 aliphatic rings. The zero-order chi connectivity index (χ0) is 15.1. The van der Waals surface area contributed by atoms with Crippen molar-refractivity contribution in [1.82, 2.24) is 10.6 Å². The Morgan fingerprint density at radius 1 is 1.43 bits per heavy atom. The summed E-state index contributed by atoms with van der Waals surface area (Å²) < 4.78 is 0.695. The van der Waals surface area contributed by atoms with Crippen LogP contribution < -0.4 is 10.6 Å². The number of guanidine groups is 1. The van der Waals surface area contributed by atoms with Gasteiger partial charge in [-0.15, -0.1) is 11.3 Å². The fourth-order valence-electron chi connectivity index (χ4n) is 2.54. The molecule has 3 N–H and O–H groups in total. The maximum Gasteiger partial charge on any atom is 0.191 e. The lowest BCUT2D eigenvalue weighted by Crippen LogP contribution is -2.44. The second kappa shape index (κ2) is 8.61. The summed E-state index contributed by atoms with van der Waals surface area (Å²) in [5.74, 6) is 0.797. The van der Waals surface area contributed by atoms with Crippen LogP contribution in [-0.2, 0) is 0 Å². The second-order valence-corrected chi connectivity index (χ2v) is 7.10. The van der Waals surface area contributed by atoms with E-state index in [1.807, 2.05) is 13.0 Å². The molecule has 21 heavy (non-hydrogen) atoms. The third-order valence-corrected chi connectivity index (χ3v) is 4.97. The number of aliphatic hydroxyl groups excluding tert-OH is 1. The number of aliphatic imine (C=N–C) groups is 1. The molecule has 0 bridgehead atoms. The van der Waals surface area contributed by atoms with Gasteiger partial charge in [-0.3, -0.25) is 4.99 Å². The molecule has 0 radical (unpaired) electrons.